The topological polar surface area (TPSA) is 38.8 Å². The third-order valence-corrected chi connectivity index (χ3v) is 6.90. The summed E-state index contributed by atoms with van der Waals surface area (Å²) in [6.45, 7) is 8.55. The number of benzene rings is 3. The summed E-state index contributed by atoms with van der Waals surface area (Å²) >= 11 is 0. The molecule has 3 aromatic carbocycles. The minimum absolute atomic E-state index is 0.0130. The van der Waals surface area contributed by atoms with E-state index in [0.717, 1.165) is 37.3 Å². The molecular formula is C29H36N4O. The van der Waals surface area contributed by atoms with Crippen LogP contribution in [0.15, 0.2) is 72.8 Å². The highest BCUT2D eigenvalue weighted by molar-refractivity contribution is 5.94. The number of nitrogens with zero attached hydrogens (tertiary/aromatic N) is 3. The van der Waals surface area contributed by atoms with E-state index in [1.165, 1.54) is 22.5 Å². The Morgan fingerprint density at radius 1 is 0.882 bits per heavy atom. The van der Waals surface area contributed by atoms with E-state index in [2.05, 4.69) is 95.6 Å². The molecule has 0 radical (unpaired) electrons. The molecule has 1 heterocycles. The highest BCUT2D eigenvalue weighted by atomic mass is 16.1. The summed E-state index contributed by atoms with van der Waals surface area (Å²) in [5, 5.41) is 3.22. The van der Waals surface area contributed by atoms with Crippen LogP contribution in [0.1, 0.15) is 33.1 Å². The standard InChI is InChI=1S/C29H36N4O/c1-22-10-11-25(20-23(22)2)29(34)30-21-28(24-12-14-26(15-13-24)31(3)4)33-18-16-32(17-19-33)27-8-6-5-7-9-27/h5-15,20,28H,16-19,21H2,1-4H3,(H,30,34)/t28-/m1/s1. The predicted molar refractivity (Wildman–Crippen MR) is 142 cm³/mol. The predicted octanol–water partition coefficient (Wildman–Crippen LogP) is 4.66. The zero-order chi connectivity index (χ0) is 24.1. The van der Waals surface area contributed by atoms with Crippen molar-refractivity contribution in [2.75, 3.05) is 56.6 Å². The maximum atomic E-state index is 13.0. The number of nitrogens with one attached hydrogen (secondary N) is 1. The number of anilines is 2. The number of aryl methyl sites for hydroxylation is 2. The van der Waals surface area contributed by atoms with Crippen molar-refractivity contribution in [2.45, 2.75) is 19.9 Å². The van der Waals surface area contributed by atoms with Crippen LogP contribution in [0.25, 0.3) is 0 Å². The Bertz CT molecular complexity index is 1090. The lowest BCUT2D eigenvalue weighted by molar-refractivity contribution is 0.0930. The minimum Gasteiger partial charge on any atom is -0.378 e. The van der Waals surface area contributed by atoms with Gasteiger partial charge in [-0.3, -0.25) is 9.69 Å². The number of para-hydroxylation sites is 1. The van der Waals surface area contributed by atoms with E-state index in [-0.39, 0.29) is 11.9 Å². The van der Waals surface area contributed by atoms with Crippen molar-refractivity contribution < 1.29 is 4.79 Å². The molecule has 1 aliphatic heterocycles. The number of amides is 1. The van der Waals surface area contributed by atoms with Crippen molar-refractivity contribution in [3.05, 3.63) is 95.1 Å². The first-order chi connectivity index (χ1) is 16.4. The largest absolute Gasteiger partial charge is 0.378 e. The molecule has 178 valence electrons. The van der Waals surface area contributed by atoms with E-state index in [1.54, 1.807) is 0 Å². The molecule has 1 atom stereocenters. The van der Waals surface area contributed by atoms with Gasteiger partial charge in [-0.15, -0.1) is 0 Å². The van der Waals surface area contributed by atoms with Gasteiger partial charge in [-0.1, -0.05) is 36.4 Å². The molecule has 0 aromatic heterocycles. The summed E-state index contributed by atoms with van der Waals surface area (Å²) < 4.78 is 0. The molecule has 1 aliphatic rings. The van der Waals surface area contributed by atoms with Crippen LogP contribution < -0.4 is 15.1 Å². The second kappa shape index (κ2) is 10.7. The van der Waals surface area contributed by atoms with Crippen molar-refractivity contribution in [3.63, 3.8) is 0 Å². The SMILES string of the molecule is Cc1ccc(C(=O)NC[C@H](c2ccc(N(C)C)cc2)N2CCN(c3ccccc3)CC2)cc1C. The average molecular weight is 457 g/mol. The number of hydrogen-bond donors (Lipinski definition) is 1. The van der Waals surface area contributed by atoms with E-state index in [9.17, 15) is 4.79 Å². The molecule has 34 heavy (non-hydrogen) atoms. The van der Waals surface area contributed by atoms with Crippen molar-refractivity contribution in [1.82, 2.24) is 10.2 Å². The van der Waals surface area contributed by atoms with E-state index >= 15 is 0 Å². The molecule has 1 saturated heterocycles. The monoisotopic (exact) mass is 456 g/mol. The van der Waals surface area contributed by atoms with E-state index in [1.807, 2.05) is 25.1 Å². The van der Waals surface area contributed by atoms with Crippen molar-refractivity contribution >= 4 is 17.3 Å². The van der Waals surface area contributed by atoms with Gasteiger partial charge in [0.1, 0.15) is 0 Å². The van der Waals surface area contributed by atoms with Gasteiger partial charge in [0, 0.05) is 63.8 Å². The van der Waals surface area contributed by atoms with Crippen LogP contribution in [-0.2, 0) is 0 Å². The van der Waals surface area contributed by atoms with Gasteiger partial charge >= 0.3 is 0 Å². The fourth-order valence-electron chi connectivity index (χ4n) is 4.56. The summed E-state index contributed by atoms with van der Waals surface area (Å²) in [5.41, 5.74) is 6.75. The first-order valence-electron chi connectivity index (χ1n) is 12.1. The van der Waals surface area contributed by atoms with Crippen LogP contribution >= 0.6 is 0 Å². The molecule has 0 spiro atoms. The maximum absolute atomic E-state index is 13.0. The van der Waals surface area contributed by atoms with Gasteiger partial charge in [0.25, 0.3) is 5.91 Å². The van der Waals surface area contributed by atoms with Gasteiger partial charge < -0.3 is 15.1 Å². The normalized spacial score (nSPS) is 15.1. The highest BCUT2D eigenvalue weighted by Crippen LogP contribution is 2.26. The lowest BCUT2D eigenvalue weighted by Gasteiger charge is -2.40. The van der Waals surface area contributed by atoms with Crippen LogP contribution in [-0.4, -0.2) is 57.6 Å². The maximum Gasteiger partial charge on any atom is 0.251 e. The van der Waals surface area contributed by atoms with Crippen LogP contribution in [0.2, 0.25) is 0 Å². The molecule has 5 nitrogen and oxygen atoms in total. The van der Waals surface area contributed by atoms with Crippen LogP contribution in [0, 0.1) is 13.8 Å². The average Bonchev–Trinajstić information content (AvgIpc) is 2.87. The van der Waals surface area contributed by atoms with E-state index in [4.69, 9.17) is 0 Å². The Hall–Kier alpha value is -3.31. The fraction of sp³-hybridized carbons (Fsp3) is 0.345. The van der Waals surface area contributed by atoms with Gasteiger partial charge in [0.05, 0.1) is 6.04 Å². The molecule has 1 N–H and O–H groups in total. The van der Waals surface area contributed by atoms with Crippen LogP contribution in [0.5, 0.6) is 0 Å². The van der Waals surface area contributed by atoms with Crippen molar-refractivity contribution in [1.29, 1.82) is 0 Å². The van der Waals surface area contributed by atoms with Gasteiger partial charge in [-0.25, -0.2) is 0 Å². The molecule has 4 rings (SSSR count). The number of rotatable bonds is 7. The van der Waals surface area contributed by atoms with Crippen molar-refractivity contribution in [2.24, 2.45) is 0 Å². The second-order valence-electron chi connectivity index (χ2n) is 9.37. The Morgan fingerprint density at radius 3 is 2.18 bits per heavy atom. The Balaban J connectivity index is 1.49. The van der Waals surface area contributed by atoms with Gasteiger partial charge in [-0.05, 0) is 66.9 Å². The molecule has 0 saturated carbocycles. The zero-order valence-electron chi connectivity index (χ0n) is 20.8. The first-order valence-corrected chi connectivity index (χ1v) is 12.1. The van der Waals surface area contributed by atoms with E-state index in [0.29, 0.717) is 6.54 Å². The lowest BCUT2D eigenvalue weighted by Crippen LogP contribution is -2.50. The van der Waals surface area contributed by atoms with Crippen molar-refractivity contribution in [3.8, 4) is 0 Å². The number of piperazine rings is 1. The highest BCUT2D eigenvalue weighted by Gasteiger charge is 2.26. The third-order valence-electron chi connectivity index (χ3n) is 6.90. The molecule has 1 fully saturated rings. The summed E-state index contributed by atoms with van der Waals surface area (Å²) in [4.78, 5) is 20.0. The molecular weight excluding hydrogens is 420 g/mol. The van der Waals surface area contributed by atoms with Gasteiger partial charge in [0.15, 0.2) is 0 Å². The van der Waals surface area contributed by atoms with E-state index < -0.39 is 0 Å². The summed E-state index contributed by atoms with van der Waals surface area (Å²) in [6.07, 6.45) is 0. The van der Waals surface area contributed by atoms with Gasteiger partial charge in [-0.2, -0.15) is 0 Å². The molecule has 0 unspecified atom stereocenters. The minimum atomic E-state index is -0.0130. The van der Waals surface area contributed by atoms with Gasteiger partial charge in [0.2, 0.25) is 0 Å². The zero-order valence-corrected chi connectivity index (χ0v) is 20.8. The summed E-state index contributed by atoms with van der Waals surface area (Å²) in [7, 11) is 4.11. The first kappa shape index (κ1) is 23.8. The molecule has 0 bridgehead atoms. The number of carbonyl (C=O) groups excluding carboxylic acids is 1. The summed E-state index contributed by atoms with van der Waals surface area (Å²) in [5.74, 6) is -0.0130. The van der Waals surface area contributed by atoms with Crippen LogP contribution in [0.3, 0.4) is 0 Å². The lowest BCUT2D eigenvalue weighted by atomic mass is 10.0. The fourth-order valence-corrected chi connectivity index (χ4v) is 4.56. The quantitative estimate of drug-likeness (QED) is 0.561. The van der Waals surface area contributed by atoms with Crippen LogP contribution in [0.4, 0.5) is 11.4 Å². The smallest absolute Gasteiger partial charge is 0.251 e. The summed E-state index contributed by atoms with van der Waals surface area (Å²) in [6, 6.07) is 25.4. The number of hydrogen-bond acceptors (Lipinski definition) is 4. The molecule has 5 heteroatoms. The Labute approximate surface area is 204 Å². The third kappa shape index (κ3) is 5.60. The second-order valence-corrected chi connectivity index (χ2v) is 9.37. The molecule has 0 aliphatic carbocycles. The molecule has 1 amide bonds. The Morgan fingerprint density at radius 2 is 1.56 bits per heavy atom. The Kier molecular flexibility index (Phi) is 7.53. The molecule has 3 aromatic rings. The number of carbonyl (C=O) groups is 1.